The van der Waals surface area contributed by atoms with Crippen LogP contribution in [0.15, 0.2) is 53.4 Å². The maximum Gasteiger partial charge on any atom is 0.387 e. The quantitative estimate of drug-likeness (QED) is 0.299. The predicted octanol–water partition coefficient (Wildman–Crippen LogP) is 4.00. The van der Waals surface area contributed by atoms with Gasteiger partial charge in [-0.25, -0.2) is 13.4 Å². The largest absolute Gasteiger partial charge is 0.493 e. The lowest BCUT2D eigenvalue weighted by Gasteiger charge is -2.35. The molecule has 11 nitrogen and oxygen atoms in total. The van der Waals surface area contributed by atoms with E-state index in [1.54, 1.807) is 53.6 Å². The average Bonchev–Trinajstić information content (AvgIpc) is 3.31. The van der Waals surface area contributed by atoms with Crippen molar-refractivity contribution in [2.24, 2.45) is 0 Å². The number of hydrogen-bond donors (Lipinski definition) is 1. The summed E-state index contributed by atoms with van der Waals surface area (Å²) in [6.45, 7) is 2.82. The highest BCUT2D eigenvalue weighted by Crippen LogP contribution is 2.37. The van der Waals surface area contributed by atoms with Crippen LogP contribution in [0, 0.1) is 6.92 Å². The van der Waals surface area contributed by atoms with E-state index in [4.69, 9.17) is 19.6 Å². The highest BCUT2D eigenvalue weighted by atomic mass is 32.2. The number of halogens is 2. The van der Waals surface area contributed by atoms with Gasteiger partial charge in [-0.05, 0) is 42.3 Å². The van der Waals surface area contributed by atoms with Gasteiger partial charge in [0.15, 0.2) is 27.0 Å². The maximum absolute atomic E-state index is 13.2. The van der Waals surface area contributed by atoms with Gasteiger partial charge in [0, 0.05) is 57.5 Å². The number of carbonyl (C=O) groups is 1. The Bertz CT molecular complexity index is 1770. The van der Waals surface area contributed by atoms with Gasteiger partial charge in [-0.15, -0.1) is 0 Å². The molecule has 1 saturated heterocycles. The van der Waals surface area contributed by atoms with Gasteiger partial charge < -0.3 is 24.6 Å². The molecule has 2 aromatic heterocycles. The molecule has 5 rings (SSSR count). The predicted molar refractivity (Wildman–Crippen MR) is 158 cm³/mol. The molecule has 1 amide bonds. The maximum atomic E-state index is 13.2. The lowest BCUT2D eigenvalue weighted by Crippen LogP contribution is -2.48. The van der Waals surface area contributed by atoms with Crippen molar-refractivity contribution in [2.75, 3.05) is 49.8 Å². The molecule has 0 aliphatic carbocycles. The number of anilines is 2. The molecule has 1 aliphatic heterocycles. The Hall–Kier alpha value is -4.46. The topological polar surface area (TPSA) is 118 Å². The van der Waals surface area contributed by atoms with Crippen LogP contribution in [0.1, 0.15) is 18.2 Å². The van der Waals surface area contributed by atoms with Crippen LogP contribution < -0.4 is 19.7 Å². The fourth-order valence-corrected chi connectivity index (χ4v) is 5.78. The van der Waals surface area contributed by atoms with Crippen LogP contribution in [-0.2, 0) is 21.2 Å². The minimum Gasteiger partial charge on any atom is -0.493 e. The third-order valence-corrected chi connectivity index (χ3v) is 8.38. The second-order valence-electron chi connectivity index (χ2n) is 10.2. The summed E-state index contributed by atoms with van der Waals surface area (Å²) in [5, 5.41) is 8.08. The van der Waals surface area contributed by atoms with Crippen molar-refractivity contribution in [3.05, 3.63) is 59.8 Å². The van der Waals surface area contributed by atoms with Gasteiger partial charge in [0.1, 0.15) is 11.6 Å². The molecule has 228 valence electrons. The molecule has 0 spiro atoms. The second-order valence-corrected chi connectivity index (χ2v) is 12.2. The summed E-state index contributed by atoms with van der Waals surface area (Å²) < 4.78 is 62.1. The first-order chi connectivity index (χ1) is 20.4. The Morgan fingerprint density at radius 3 is 2.47 bits per heavy atom. The van der Waals surface area contributed by atoms with E-state index in [0.717, 1.165) is 11.8 Å². The summed E-state index contributed by atoms with van der Waals surface area (Å²) in [4.78, 5) is 20.9. The summed E-state index contributed by atoms with van der Waals surface area (Å²) in [6, 6.07) is 13.3. The summed E-state index contributed by atoms with van der Waals surface area (Å²) in [5.74, 6) is 1.28. The number of carbonyl (C=O) groups excluding carboxylic acids is 1. The summed E-state index contributed by atoms with van der Waals surface area (Å²) in [6.07, 6.45) is 1.16. The van der Waals surface area contributed by atoms with E-state index >= 15 is 0 Å². The fourth-order valence-electron chi connectivity index (χ4n) is 5.09. The number of fused-ring (bicyclic) bond motifs is 1. The lowest BCUT2D eigenvalue weighted by molar-refractivity contribution is -0.129. The van der Waals surface area contributed by atoms with Gasteiger partial charge >= 0.3 is 6.61 Å². The van der Waals surface area contributed by atoms with E-state index in [1.165, 1.54) is 13.2 Å². The number of methoxy groups -OCH3 is 1. The molecule has 1 N–H and O–H groups in total. The summed E-state index contributed by atoms with van der Waals surface area (Å²) in [7, 11) is -2.01. The molecule has 4 aromatic rings. The van der Waals surface area contributed by atoms with Crippen molar-refractivity contribution >= 4 is 33.0 Å². The zero-order valence-electron chi connectivity index (χ0n) is 24.2. The minimum atomic E-state index is -3.38. The van der Waals surface area contributed by atoms with Crippen molar-refractivity contribution in [1.29, 1.82) is 0 Å². The fraction of sp³-hybridized carbons (Fsp3) is 0.345. The SMILES string of the molecule is COc1ccc(-c2c(C)nn3c(NCc4cccc(S(C)(=O)=O)c4)cc(N4CCN(C(C)=O)CC4)nc23)cc1OC(F)F. The Kier molecular flexibility index (Phi) is 8.40. The number of piperazine rings is 1. The molecule has 1 aliphatic rings. The monoisotopic (exact) mass is 614 g/mol. The summed E-state index contributed by atoms with van der Waals surface area (Å²) >= 11 is 0. The van der Waals surface area contributed by atoms with Crippen molar-refractivity contribution in [2.45, 2.75) is 31.9 Å². The zero-order valence-corrected chi connectivity index (χ0v) is 25.0. The van der Waals surface area contributed by atoms with E-state index in [-0.39, 0.29) is 22.3 Å². The van der Waals surface area contributed by atoms with Gasteiger partial charge in [-0.3, -0.25) is 4.79 Å². The first-order valence-electron chi connectivity index (χ1n) is 13.5. The number of alkyl halides is 2. The highest BCUT2D eigenvalue weighted by molar-refractivity contribution is 7.90. The van der Waals surface area contributed by atoms with Gasteiger partial charge in [0.2, 0.25) is 5.91 Å². The second kappa shape index (κ2) is 12.0. The van der Waals surface area contributed by atoms with E-state index in [2.05, 4.69) is 10.2 Å². The van der Waals surface area contributed by atoms with E-state index in [1.807, 2.05) is 12.1 Å². The van der Waals surface area contributed by atoms with Crippen LogP contribution in [0.2, 0.25) is 0 Å². The molecule has 0 atom stereocenters. The van der Waals surface area contributed by atoms with Crippen LogP contribution >= 0.6 is 0 Å². The number of sulfone groups is 1. The Labute approximate surface area is 247 Å². The molecule has 0 unspecified atom stereocenters. The number of aromatic nitrogens is 3. The Morgan fingerprint density at radius 1 is 1.07 bits per heavy atom. The first kappa shape index (κ1) is 30.0. The number of rotatable bonds is 9. The molecule has 14 heteroatoms. The van der Waals surface area contributed by atoms with E-state index < -0.39 is 16.4 Å². The van der Waals surface area contributed by atoms with Gasteiger partial charge in [0.25, 0.3) is 0 Å². The lowest BCUT2D eigenvalue weighted by atomic mass is 10.1. The Morgan fingerprint density at radius 2 is 1.81 bits per heavy atom. The normalized spacial score (nSPS) is 13.9. The number of nitrogens with zero attached hydrogens (tertiary/aromatic N) is 5. The molecule has 0 radical (unpaired) electrons. The number of hydrogen-bond acceptors (Lipinski definition) is 9. The Balaban J connectivity index is 1.59. The van der Waals surface area contributed by atoms with Crippen LogP contribution in [0.25, 0.3) is 16.8 Å². The molecular weight excluding hydrogens is 582 g/mol. The van der Waals surface area contributed by atoms with Gasteiger partial charge in [0.05, 0.1) is 17.7 Å². The van der Waals surface area contributed by atoms with Gasteiger partial charge in [-0.2, -0.15) is 18.4 Å². The third kappa shape index (κ3) is 6.48. The van der Waals surface area contributed by atoms with E-state index in [0.29, 0.717) is 66.8 Å². The number of ether oxygens (including phenoxy) is 2. The standard InChI is InChI=1S/C29H32F2N6O5S/c1-18-27(21-8-9-23(41-3)24(15-21)42-29(30)31)28-33-26(36-12-10-35(11-13-36)19(2)38)16-25(37(28)34-18)32-17-20-6-5-7-22(14-20)43(4,39)40/h5-9,14-16,29,32H,10-13,17H2,1-4H3. The molecular formula is C29H32F2N6O5S. The molecule has 2 aromatic carbocycles. The molecule has 0 saturated carbocycles. The highest BCUT2D eigenvalue weighted by Gasteiger charge is 2.24. The molecule has 43 heavy (non-hydrogen) atoms. The van der Waals surface area contributed by atoms with Crippen molar-refractivity contribution in [3.8, 4) is 22.6 Å². The van der Waals surface area contributed by atoms with Crippen molar-refractivity contribution < 1.29 is 31.5 Å². The van der Waals surface area contributed by atoms with Crippen molar-refractivity contribution in [3.63, 3.8) is 0 Å². The number of nitrogens with one attached hydrogen (secondary N) is 1. The van der Waals surface area contributed by atoms with Crippen LogP contribution in [0.4, 0.5) is 20.4 Å². The minimum absolute atomic E-state index is 0.0109. The van der Waals surface area contributed by atoms with E-state index in [9.17, 15) is 22.0 Å². The van der Waals surface area contributed by atoms with Crippen LogP contribution in [0.5, 0.6) is 11.5 Å². The third-order valence-electron chi connectivity index (χ3n) is 7.27. The van der Waals surface area contributed by atoms with Gasteiger partial charge in [-0.1, -0.05) is 18.2 Å². The van der Waals surface area contributed by atoms with Crippen molar-refractivity contribution in [1.82, 2.24) is 19.5 Å². The molecule has 0 bridgehead atoms. The average molecular weight is 615 g/mol. The van der Waals surface area contributed by atoms with Crippen LogP contribution in [0.3, 0.4) is 0 Å². The molecule has 1 fully saturated rings. The smallest absolute Gasteiger partial charge is 0.387 e. The molecule has 3 heterocycles. The zero-order chi connectivity index (χ0) is 30.9. The first-order valence-corrected chi connectivity index (χ1v) is 15.4. The number of aryl methyl sites for hydroxylation is 1. The summed E-state index contributed by atoms with van der Waals surface area (Å²) in [5.41, 5.74) is 3.00. The number of amides is 1. The van der Waals surface area contributed by atoms with Crippen LogP contribution in [-0.4, -0.2) is 80.0 Å². The number of benzene rings is 2.